The number of carboxylic acid groups (broad SMARTS) is 1. The van der Waals surface area contributed by atoms with Gasteiger partial charge in [-0.1, -0.05) is 0 Å². The molecule has 0 spiro atoms. The fourth-order valence-corrected chi connectivity index (χ4v) is 1.18. The van der Waals surface area contributed by atoms with Crippen LogP contribution in [0.1, 0.15) is 0 Å². The quantitative estimate of drug-likeness (QED) is 0.615. The molecule has 98 valence electrons. The van der Waals surface area contributed by atoms with Crippen LogP contribution in [0.25, 0.3) is 0 Å². The zero-order chi connectivity index (χ0) is 13.7. The lowest BCUT2D eigenvalue weighted by molar-refractivity contribution is -0.137. The average molecular weight is 255 g/mol. The third-order valence-electron chi connectivity index (χ3n) is 1.92. The number of urea groups is 1. The van der Waals surface area contributed by atoms with Crippen LogP contribution in [0.4, 0.5) is 10.5 Å². The molecule has 0 unspecified atom stereocenters. The Morgan fingerprint density at radius 2 is 2.22 bits per heavy atom. The van der Waals surface area contributed by atoms with Gasteiger partial charge in [0.15, 0.2) is 0 Å². The minimum atomic E-state index is -1.04. The van der Waals surface area contributed by atoms with Gasteiger partial charge >= 0.3 is 12.0 Å². The van der Waals surface area contributed by atoms with Crippen molar-refractivity contribution in [2.75, 3.05) is 18.9 Å². The van der Waals surface area contributed by atoms with Crippen LogP contribution in [-0.2, 0) is 16.1 Å². The van der Waals surface area contributed by atoms with E-state index in [2.05, 4.69) is 10.4 Å². The predicted octanol–water partition coefficient (Wildman–Crippen LogP) is -1.08. The zero-order valence-electron chi connectivity index (χ0n) is 9.66. The number of carbonyl (C=O) groups excluding carboxylic acids is 2. The second-order valence-electron chi connectivity index (χ2n) is 3.57. The highest BCUT2D eigenvalue weighted by Gasteiger charge is 2.12. The number of carboxylic acids is 1. The molecule has 1 heterocycles. The third-order valence-corrected chi connectivity index (χ3v) is 1.92. The van der Waals surface area contributed by atoms with E-state index in [1.165, 1.54) is 19.4 Å². The fourth-order valence-electron chi connectivity index (χ4n) is 1.18. The molecule has 0 saturated heterocycles. The number of likely N-dealkylation sites (N-methyl/N-ethyl adjacent to an activating group) is 1. The van der Waals surface area contributed by atoms with Crippen LogP contribution in [0, 0.1) is 0 Å². The van der Waals surface area contributed by atoms with E-state index in [9.17, 15) is 14.4 Å². The number of hydrogen-bond acceptors (Lipinski definition) is 4. The molecule has 18 heavy (non-hydrogen) atoms. The average Bonchev–Trinajstić information content (AvgIpc) is 2.63. The molecule has 0 aliphatic carbocycles. The molecule has 0 aliphatic rings. The van der Waals surface area contributed by atoms with Crippen LogP contribution in [0.2, 0.25) is 0 Å². The number of aliphatic carboxylic acids is 1. The summed E-state index contributed by atoms with van der Waals surface area (Å²) in [5.41, 5.74) is 5.27. The number of nitrogens with one attached hydrogen (secondary N) is 1. The van der Waals surface area contributed by atoms with E-state index in [0.29, 0.717) is 5.69 Å². The maximum atomic E-state index is 11.5. The highest BCUT2D eigenvalue weighted by Crippen LogP contribution is 2.05. The molecule has 0 saturated carbocycles. The highest BCUT2D eigenvalue weighted by molar-refractivity contribution is 5.91. The van der Waals surface area contributed by atoms with E-state index in [1.807, 2.05) is 0 Å². The van der Waals surface area contributed by atoms with Gasteiger partial charge in [-0.2, -0.15) is 5.10 Å². The first-order chi connectivity index (χ1) is 8.38. The van der Waals surface area contributed by atoms with Crippen molar-refractivity contribution >= 4 is 23.6 Å². The minimum absolute atomic E-state index is 0.213. The molecule has 0 fully saturated rings. The topological polar surface area (TPSA) is 131 Å². The van der Waals surface area contributed by atoms with Crippen LogP contribution in [0.15, 0.2) is 12.4 Å². The largest absolute Gasteiger partial charge is 0.480 e. The van der Waals surface area contributed by atoms with Crippen LogP contribution >= 0.6 is 0 Å². The smallest absolute Gasteiger partial charge is 0.325 e. The number of hydrogen-bond donors (Lipinski definition) is 3. The third kappa shape index (κ3) is 4.12. The lowest BCUT2D eigenvalue weighted by atomic mass is 10.5. The first-order valence-corrected chi connectivity index (χ1v) is 4.93. The molecule has 0 aliphatic heterocycles. The number of nitrogens with two attached hydrogens (primary N) is 1. The molecule has 0 atom stereocenters. The Balaban J connectivity index is 2.56. The fraction of sp³-hybridized carbons (Fsp3) is 0.333. The zero-order valence-corrected chi connectivity index (χ0v) is 9.66. The molecule has 1 rings (SSSR count). The Labute approximate surface area is 102 Å². The Bertz CT molecular complexity index is 469. The van der Waals surface area contributed by atoms with Crippen LogP contribution < -0.4 is 11.1 Å². The maximum absolute atomic E-state index is 11.5. The summed E-state index contributed by atoms with van der Waals surface area (Å²) in [5, 5.41) is 14.7. The summed E-state index contributed by atoms with van der Waals surface area (Å²) in [6.45, 7) is -0.512. The van der Waals surface area contributed by atoms with E-state index in [0.717, 1.165) is 9.58 Å². The summed E-state index contributed by atoms with van der Waals surface area (Å²) >= 11 is 0. The Kier molecular flexibility index (Phi) is 4.24. The van der Waals surface area contributed by atoms with E-state index in [1.54, 1.807) is 0 Å². The van der Waals surface area contributed by atoms with Gasteiger partial charge in [-0.15, -0.1) is 0 Å². The Morgan fingerprint density at radius 1 is 1.56 bits per heavy atom. The van der Waals surface area contributed by atoms with Gasteiger partial charge in [0.1, 0.15) is 13.1 Å². The SMILES string of the molecule is CN(CC(N)=O)C(=O)Nc1cnn(CC(=O)O)c1. The molecule has 1 aromatic rings. The normalized spacial score (nSPS) is 9.83. The first kappa shape index (κ1) is 13.5. The van der Waals surface area contributed by atoms with E-state index >= 15 is 0 Å². The van der Waals surface area contributed by atoms with Gasteiger partial charge in [-0.05, 0) is 0 Å². The summed E-state index contributed by atoms with van der Waals surface area (Å²) in [5.74, 6) is -1.67. The lowest BCUT2D eigenvalue weighted by Crippen LogP contribution is -2.37. The van der Waals surface area contributed by atoms with Crippen molar-refractivity contribution in [3.05, 3.63) is 12.4 Å². The second-order valence-corrected chi connectivity index (χ2v) is 3.57. The number of carbonyl (C=O) groups is 3. The van der Waals surface area contributed by atoms with Gasteiger partial charge in [0, 0.05) is 13.2 Å². The molecule has 3 amide bonds. The van der Waals surface area contributed by atoms with Gasteiger partial charge in [0.25, 0.3) is 0 Å². The molecule has 9 nitrogen and oxygen atoms in total. The molecular weight excluding hydrogens is 242 g/mol. The Hall–Kier alpha value is -2.58. The molecule has 0 radical (unpaired) electrons. The number of amides is 3. The van der Waals surface area contributed by atoms with Crippen LogP contribution in [0.5, 0.6) is 0 Å². The van der Waals surface area contributed by atoms with Crippen LogP contribution in [-0.4, -0.2) is 51.3 Å². The highest BCUT2D eigenvalue weighted by atomic mass is 16.4. The van der Waals surface area contributed by atoms with Gasteiger partial charge in [-0.25, -0.2) is 4.79 Å². The number of nitrogens with zero attached hydrogens (tertiary/aromatic N) is 3. The molecule has 1 aromatic heterocycles. The summed E-state index contributed by atoms with van der Waals surface area (Å²) in [4.78, 5) is 33.7. The van der Waals surface area contributed by atoms with Crippen molar-refractivity contribution in [1.29, 1.82) is 0 Å². The van der Waals surface area contributed by atoms with Crippen molar-refractivity contribution in [2.24, 2.45) is 5.73 Å². The second kappa shape index (κ2) is 5.66. The van der Waals surface area contributed by atoms with Crippen molar-refractivity contribution < 1.29 is 19.5 Å². The summed E-state index contributed by atoms with van der Waals surface area (Å²) in [7, 11) is 1.40. The van der Waals surface area contributed by atoms with E-state index in [-0.39, 0.29) is 13.1 Å². The molecular formula is C9H13N5O4. The van der Waals surface area contributed by atoms with Gasteiger partial charge in [-0.3, -0.25) is 14.3 Å². The van der Waals surface area contributed by atoms with Crippen molar-refractivity contribution in [1.82, 2.24) is 14.7 Å². The number of rotatable bonds is 5. The predicted molar refractivity (Wildman–Crippen MR) is 60.7 cm³/mol. The standard InChI is InChI=1S/C9H13N5O4/c1-13(4-7(10)15)9(18)12-6-2-11-14(3-6)5-8(16)17/h2-3H,4-5H2,1H3,(H2,10,15)(H,12,18)(H,16,17). The maximum Gasteiger partial charge on any atom is 0.325 e. The van der Waals surface area contributed by atoms with Gasteiger partial charge < -0.3 is 21.1 Å². The molecule has 0 aromatic carbocycles. The first-order valence-electron chi connectivity index (χ1n) is 4.93. The van der Waals surface area contributed by atoms with Crippen molar-refractivity contribution in [2.45, 2.75) is 6.54 Å². The number of primary amides is 1. The molecule has 0 bridgehead atoms. The number of anilines is 1. The van der Waals surface area contributed by atoms with E-state index < -0.39 is 17.9 Å². The van der Waals surface area contributed by atoms with Gasteiger partial charge in [0.2, 0.25) is 5.91 Å². The van der Waals surface area contributed by atoms with Crippen molar-refractivity contribution in [3.8, 4) is 0 Å². The summed E-state index contributed by atoms with van der Waals surface area (Å²) in [6.07, 6.45) is 2.67. The molecule has 9 heteroatoms. The van der Waals surface area contributed by atoms with E-state index in [4.69, 9.17) is 10.8 Å². The lowest BCUT2D eigenvalue weighted by Gasteiger charge is -2.14. The minimum Gasteiger partial charge on any atom is -0.480 e. The molecule has 4 N–H and O–H groups in total. The number of aromatic nitrogens is 2. The summed E-state index contributed by atoms with van der Waals surface area (Å²) < 4.78 is 1.16. The van der Waals surface area contributed by atoms with Crippen molar-refractivity contribution in [3.63, 3.8) is 0 Å². The Morgan fingerprint density at radius 3 is 2.78 bits per heavy atom. The monoisotopic (exact) mass is 255 g/mol. The summed E-state index contributed by atoms with van der Waals surface area (Å²) in [6, 6.07) is -0.538. The van der Waals surface area contributed by atoms with Crippen LogP contribution in [0.3, 0.4) is 0 Å². The van der Waals surface area contributed by atoms with Gasteiger partial charge in [0.05, 0.1) is 11.9 Å².